The Hall–Kier alpha value is -1.69. The first-order valence-electron chi connectivity index (χ1n) is 16.0. The average molecular weight is 621 g/mol. The van der Waals surface area contributed by atoms with Crippen LogP contribution in [0.5, 0.6) is 0 Å². The van der Waals surface area contributed by atoms with Crippen LogP contribution in [0.1, 0.15) is 89.9 Å². The molecule has 6 nitrogen and oxygen atoms in total. The Morgan fingerprint density at radius 3 is 2.64 bits per heavy atom. The van der Waals surface area contributed by atoms with Crippen molar-refractivity contribution in [2.24, 2.45) is 17.3 Å². The maximum absolute atomic E-state index is 11.4. The third kappa shape index (κ3) is 13.3. The lowest BCUT2D eigenvalue weighted by Gasteiger charge is -2.45. The Kier molecular flexibility index (Phi) is 18.3. The molecule has 1 unspecified atom stereocenters. The van der Waals surface area contributed by atoms with Gasteiger partial charge in [-0.3, -0.25) is 9.69 Å². The van der Waals surface area contributed by atoms with E-state index in [2.05, 4.69) is 35.3 Å². The van der Waals surface area contributed by atoms with Crippen LogP contribution in [0, 0.1) is 28.6 Å². The van der Waals surface area contributed by atoms with E-state index in [1.165, 1.54) is 11.3 Å². The highest BCUT2D eigenvalue weighted by Crippen LogP contribution is 2.48. The second-order valence-corrected chi connectivity index (χ2v) is 13.1. The molecule has 236 valence electrons. The lowest BCUT2D eigenvalue weighted by molar-refractivity contribution is -0.144. The number of hydrogen-bond acceptors (Lipinski definition) is 7. The topological polar surface area (TPSA) is 82.8 Å². The number of rotatable bonds is 13. The fourth-order valence-corrected chi connectivity index (χ4v) is 6.97. The zero-order valence-electron chi connectivity index (χ0n) is 26.1. The van der Waals surface area contributed by atoms with Crippen LogP contribution in [0.3, 0.4) is 0 Å². The second-order valence-electron chi connectivity index (χ2n) is 11.3. The maximum atomic E-state index is 11.4. The molecule has 42 heavy (non-hydrogen) atoms. The van der Waals surface area contributed by atoms with Crippen molar-refractivity contribution >= 4 is 28.9 Å². The Labute approximate surface area is 263 Å². The monoisotopic (exact) mass is 620 g/mol. The fraction of sp³-hybridized carbons (Fsp3) is 0.706. The van der Waals surface area contributed by atoms with Crippen molar-refractivity contribution in [1.82, 2.24) is 4.90 Å². The Morgan fingerprint density at radius 2 is 2.05 bits per heavy atom. The molecule has 1 aromatic rings. The highest BCUT2D eigenvalue weighted by atomic mass is 35.5. The summed E-state index contributed by atoms with van der Waals surface area (Å²) in [4.78, 5) is 14.9. The molecule has 2 heterocycles. The summed E-state index contributed by atoms with van der Waals surface area (Å²) in [5, 5.41) is 19.7. The van der Waals surface area contributed by atoms with E-state index in [0.29, 0.717) is 18.9 Å². The fourth-order valence-electron chi connectivity index (χ4n) is 5.73. The number of nitrogens with zero attached hydrogens (tertiary/aromatic N) is 2. The summed E-state index contributed by atoms with van der Waals surface area (Å²) in [7, 11) is 0. The van der Waals surface area contributed by atoms with Crippen molar-refractivity contribution in [3.8, 4) is 6.07 Å². The summed E-state index contributed by atoms with van der Waals surface area (Å²) in [5.41, 5.74) is 0.0450. The second kappa shape index (κ2) is 21.1. The minimum atomic E-state index is -0.276. The van der Waals surface area contributed by atoms with Gasteiger partial charge in [0, 0.05) is 42.3 Å². The molecule has 0 radical (unpaired) electrons. The highest BCUT2D eigenvalue weighted by molar-refractivity contribution is 7.16. The zero-order chi connectivity index (χ0) is 30.6. The summed E-state index contributed by atoms with van der Waals surface area (Å²) >= 11 is 7.67. The van der Waals surface area contributed by atoms with Crippen LogP contribution >= 0.6 is 22.9 Å². The van der Waals surface area contributed by atoms with Gasteiger partial charge in [0.05, 0.1) is 29.7 Å². The van der Waals surface area contributed by atoms with Gasteiger partial charge in [0.2, 0.25) is 0 Å². The number of nitriles is 1. The van der Waals surface area contributed by atoms with E-state index < -0.39 is 0 Å². The standard InChI is InChI=1S/C19H24ClNOS.C13H23NO3.C2H6/c20-18-8-7-16(23-18)12-19(9-2-10-19)17(22)4-1-3-14-5-6-15(11-14)13-21;1-2-3-4-5-6-13(15)17-12-9-14-7-10-16-11-8-14;1-2/h1,3,7-8,14-15,17,22H,2,4-6,9-12H2;2-3H,4-12H2,1H3;1-2H3/b3-1+;3-2-;/t14-,15+,17?;;/m0../s1. The molecule has 0 spiro atoms. The number of morpholine rings is 1. The molecule has 0 aromatic carbocycles. The van der Waals surface area contributed by atoms with Gasteiger partial charge in [0.1, 0.15) is 6.61 Å². The molecule has 1 saturated heterocycles. The summed E-state index contributed by atoms with van der Waals surface area (Å²) < 4.78 is 11.3. The summed E-state index contributed by atoms with van der Waals surface area (Å²) in [5.74, 6) is 0.680. The lowest BCUT2D eigenvalue weighted by Crippen LogP contribution is -2.42. The largest absolute Gasteiger partial charge is 0.464 e. The molecule has 3 fully saturated rings. The number of carbonyl (C=O) groups excluding carboxylic acids is 1. The van der Waals surface area contributed by atoms with Crippen molar-refractivity contribution in [2.75, 3.05) is 39.5 Å². The van der Waals surface area contributed by atoms with Gasteiger partial charge in [-0.15, -0.1) is 11.3 Å². The van der Waals surface area contributed by atoms with Crippen molar-refractivity contribution in [3.63, 3.8) is 0 Å². The van der Waals surface area contributed by atoms with Crippen LogP contribution in [-0.4, -0.2) is 61.5 Å². The van der Waals surface area contributed by atoms with Gasteiger partial charge in [-0.05, 0) is 82.8 Å². The number of carbonyl (C=O) groups is 1. The number of hydrogen-bond donors (Lipinski definition) is 1. The molecular weight excluding hydrogens is 568 g/mol. The third-order valence-electron chi connectivity index (χ3n) is 8.40. The molecule has 3 atom stereocenters. The van der Waals surface area contributed by atoms with Crippen molar-refractivity contribution in [2.45, 2.75) is 97.5 Å². The van der Waals surface area contributed by atoms with E-state index in [0.717, 1.165) is 95.0 Å². The van der Waals surface area contributed by atoms with Crippen LogP contribution in [0.25, 0.3) is 0 Å². The van der Waals surface area contributed by atoms with E-state index in [-0.39, 0.29) is 23.4 Å². The van der Waals surface area contributed by atoms with E-state index in [9.17, 15) is 9.90 Å². The number of aliphatic hydroxyl groups excluding tert-OH is 1. The number of ether oxygens (including phenoxy) is 2. The first kappa shape index (κ1) is 36.5. The Bertz CT molecular complexity index is 978. The number of allylic oxidation sites excluding steroid dienone is 3. The summed E-state index contributed by atoms with van der Waals surface area (Å²) in [6, 6.07) is 6.42. The molecule has 8 heteroatoms. The first-order valence-corrected chi connectivity index (χ1v) is 17.2. The normalized spacial score (nSPS) is 22.4. The van der Waals surface area contributed by atoms with Crippen molar-refractivity contribution in [3.05, 3.63) is 45.7 Å². The van der Waals surface area contributed by atoms with Crippen LogP contribution in [-0.2, 0) is 20.7 Å². The van der Waals surface area contributed by atoms with Gasteiger partial charge in [-0.1, -0.05) is 56.2 Å². The zero-order valence-corrected chi connectivity index (χ0v) is 27.6. The minimum Gasteiger partial charge on any atom is -0.464 e. The molecule has 0 amide bonds. The molecule has 0 bridgehead atoms. The number of thiophene rings is 1. The number of aliphatic hydroxyl groups is 1. The summed E-state index contributed by atoms with van der Waals surface area (Å²) in [6.45, 7) is 10.8. The van der Waals surface area contributed by atoms with E-state index in [4.69, 9.17) is 26.3 Å². The number of esters is 1. The van der Waals surface area contributed by atoms with Gasteiger partial charge < -0.3 is 14.6 Å². The Balaban J connectivity index is 0.000000290. The van der Waals surface area contributed by atoms with E-state index >= 15 is 0 Å². The molecule has 1 aliphatic heterocycles. The SMILES string of the molecule is C/C=C\CCCC(=O)OCCN1CCOCC1.CC.N#C[C@@H]1CC[C@H](/C=C/CC(O)C2(Cc3ccc(Cl)s3)CCC2)C1. The van der Waals surface area contributed by atoms with Crippen molar-refractivity contribution in [1.29, 1.82) is 5.26 Å². The minimum absolute atomic E-state index is 0.0450. The van der Waals surface area contributed by atoms with Crippen LogP contribution < -0.4 is 0 Å². The predicted molar refractivity (Wildman–Crippen MR) is 174 cm³/mol. The van der Waals surface area contributed by atoms with Crippen LogP contribution in [0.15, 0.2) is 36.4 Å². The number of halogens is 1. The van der Waals surface area contributed by atoms with Gasteiger partial charge in [0.25, 0.3) is 0 Å². The maximum Gasteiger partial charge on any atom is 0.305 e. The molecule has 2 saturated carbocycles. The predicted octanol–water partition coefficient (Wildman–Crippen LogP) is 8.00. The molecule has 1 aromatic heterocycles. The molecule has 4 rings (SSSR count). The van der Waals surface area contributed by atoms with Gasteiger partial charge in [-0.2, -0.15) is 5.26 Å². The highest BCUT2D eigenvalue weighted by Gasteiger charge is 2.43. The first-order chi connectivity index (χ1) is 20.4. The molecular formula is C34H53ClN2O4S. The van der Waals surface area contributed by atoms with Crippen LogP contribution in [0.4, 0.5) is 0 Å². The summed E-state index contributed by atoms with van der Waals surface area (Å²) in [6.07, 6.45) is 18.8. The van der Waals surface area contributed by atoms with Crippen LogP contribution in [0.2, 0.25) is 4.34 Å². The average Bonchev–Trinajstić information content (AvgIpc) is 3.63. The van der Waals surface area contributed by atoms with E-state index in [1.54, 1.807) is 11.3 Å². The molecule has 3 aliphatic rings. The molecule has 2 aliphatic carbocycles. The quantitative estimate of drug-likeness (QED) is 0.137. The van der Waals surface area contributed by atoms with Gasteiger partial charge >= 0.3 is 5.97 Å². The third-order valence-corrected chi connectivity index (χ3v) is 9.63. The van der Waals surface area contributed by atoms with Crippen molar-refractivity contribution < 1.29 is 19.4 Å². The lowest BCUT2D eigenvalue weighted by atomic mass is 9.62. The molecule has 1 N–H and O–H groups in total. The van der Waals surface area contributed by atoms with Gasteiger partial charge in [-0.25, -0.2) is 0 Å². The smallest absolute Gasteiger partial charge is 0.305 e. The van der Waals surface area contributed by atoms with Gasteiger partial charge in [0.15, 0.2) is 0 Å². The Morgan fingerprint density at radius 1 is 1.29 bits per heavy atom. The number of unbranched alkanes of at least 4 members (excludes halogenated alkanes) is 1. The van der Waals surface area contributed by atoms with E-state index in [1.807, 2.05) is 32.9 Å².